The van der Waals surface area contributed by atoms with Crippen molar-refractivity contribution >= 4 is 0 Å². The molecule has 2 fully saturated rings. The van der Waals surface area contributed by atoms with Crippen molar-refractivity contribution in [2.75, 3.05) is 7.05 Å². The van der Waals surface area contributed by atoms with Crippen LogP contribution in [0, 0.1) is 0 Å². The zero-order chi connectivity index (χ0) is 7.14. The van der Waals surface area contributed by atoms with Crippen LogP contribution in [0.1, 0.15) is 25.7 Å². The summed E-state index contributed by atoms with van der Waals surface area (Å²) in [7, 11) is 2.22. The fraction of sp³-hybridized carbons (Fsp3) is 1.00. The minimum atomic E-state index is 0.462. The van der Waals surface area contributed by atoms with Crippen LogP contribution in [0.5, 0.6) is 0 Å². The first kappa shape index (κ1) is 6.62. The van der Waals surface area contributed by atoms with Gasteiger partial charge in [0.15, 0.2) is 0 Å². The van der Waals surface area contributed by atoms with Crippen LogP contribution in [0.3, 0.4) is 0 Å². The van der Waals surface area contributed by atoms with Crippen molar-refractivity contribution in [1.82, 2.24) is 4.90 Å². The quantitative estimate of drug-likeness (QED) is 0.533. The van der Waals surface area contributed by atoms with Gasteiger partial charge in [-0.1, -0.05) is 0 Å². The first-order valence-corrected chi connectivity index (χ1v) is 4.26. The molecular formula is C8H16N2. The van der Waals surface area contributed by atoms with Gasteiger partial charge in [0.2, 0.25) is 0 Å². The van der Waals surface area contributed by atoms with E-state index in [9.17, 15) is 0 Å². The number of rotatable bonds is 0. The monoisotopic (exact) mass is 140 g/mol. The van der Waals surface area contributed by atoms with Gasteiger partial charge in [0.05, 0.1) is 0 Å². The second-order valence-electron chi connectivity index (χ2n) is 3.71. The van der Waals surface area contributed by atoms with Crippen LogP contribution >= 0.6 is 0 Å². The summed E-state index contributed by atoms with van der Waals surface area (Å²) in [4.78, 5) is 2.48. The number of likely N-dealkylation sites (N-methyl/N-ethyl adjacent to an activating group) is 1. The van der Waals surface area contributed by atoms with Crippen molar-refractivity contribution in [3.63, 3.8) is 0 Å². The van der Waals surface area contributed by atoms with Crippen LogP contribution in [0.15, 0.2) is 0 Å². The molecule has 58 valence electrons. The zero-order valence-electron chi connectivity index (χ0n) is 6.59. The molecule has 0 aromatic rings. The summed E-state index contributed by atoms with van der Waals surface area (Å²) in [5.41, 5.74) is 5.96. The number of nitrogens with zero attached hydrogens (tertiary/aromatic N) is 1. The number of hydrogen-bond donors (Lipinski definition) is 1. The average Bonchev–Trinajstić information content (AvgIpc) is 2.13. The molecule has 2 bridgehead atoms. The Labute approximate surface area is 62.4 Å². The Bertz CT molecular complexity index is 135. The van der Waals surface area contributed by atoms with E-state index < -0.39 is 0 Å². The van der Waals surface area contributed by atoms with Crippen molar-refractivity contribution in [3.05, 3.63) is 0 Å². The molecule has 0 spiro atoms. The van der Waals surface area contributed by atoms with E-state index in [4.69, 9.17) is 5.73 Å². The topological polar surface area (TPSA) is 29.3 Å². The Hall–Kier alpha value is -0.0800. The van der Waals surface area contributed by atoms with Crippen molar-refractivity contribution in [3.8, 4) is 0 Å². The first-order valence-electron chi connectivity index (χ1n) is 4.26. The van der Waals surface area contributed by atoms with Gasteiger partial charge in [0.1, 0.15) is 0 Å². The highest BCUT2D eigenvalue weighted by atomic mass is 15.2. The minimum absolute atomic E-state index is 0.462. The molecule has 0 radical (unpaired) electrons. The van der Waals surface area contributed by atoms with Gasteiger partial charge in [-0.3, -0.25) is 4.90 Å². The molecule has 0 aromatic carbocycles. The smallest absolute Gasteiger partial charge is 0.0247 e. The zero-order valence-corrected chi connectivity index (χ0v) is 6.59. The van der Waals surface area contributed by atoms with Gasteiger partial charge in [0, 0.05) is 18.1 Å². The molecule has 0 saturated carbocycles. The van der Waals surface area contributed by atoms with Crippen molar-refractivity contribution < 1.29 is 0 Å². The standard InChI is InChI=1S/C8H16N2/c1-10-6-2-4-7(9)8(10)5-3-6/h6-8H,2-5,9H2,1H3/t6-,7-,8-/m0/s1. The summed E-state index contributed by atoms with van der Waals surface area (Å²) < 4.78 is 0. The van der Waals surface area contributed by atoms with Crippen molar-refractivity contribution in [1.29, 1.82) is 0 Å². The van der Waals surface area contributed by atoms with Gasteiger partial charge in [-0.05, 0) is 32.7 Å². The maximum absolute atomic E-state index is 5.96. The molecule has 2 rings (SSSR count). The van der Waals surface area contributed by atoms with Gasteiger partial charge in [-0.15, -0.1) is 0 Å². The predicted molar refractivity (Wildman–Crippen MR) is 41.8 cm³/mol. The van der Waals surface area contributed by atoms with Crippen molar-refractivity contribution in [2.45, 2.75) is 43.8 Å². The third kappa shape index (κ3) is 0.789. The summed E-state index contributed by atoms with van der Waals surface area (Å²) >= 11 is 0. The first-order chi connectivity index (χ1) is 4.79. The second kappa shape index (κ2) is 2.21. The van der Waals surface area contributed by atoms with Crippen LogP contribution in [0.4, 0.5) is 0 Å². The van der Waals surface area contributed by atoms with Crippen LogP contribution in [0.2, 0.25) is 0 Å². The molecule has 2 heterocycles. The summed E-state index contributed by atoms with van der Waals surface area (Å²) in [5.74, 6) is 0. The fourth-order valence-corrected chi connectivity index (χ4v) is 2.48. The van der Waals surface area contributed by atoms with Crippen LogP contribution in [0.25, 0.3) is 0 Å². The summed E-state index contributed by atoms with van der Waals surface area (Å²) in [6, 6.07) is 2.03. The van der Waals surface area contributed by atoms with Crippen LogP contribution in [-0.4, -0.2) is 30.1 Å². The number of piperidine rings is 1. The van der Waals surface area contributed by atoms with E-state index in [1.807, 2.05) is 0 Å². The highest BCUT2D eigenvalue weighted by Crippen LogP contribution is 2.32. The Morgan fingerprint density at radius 2 is 1.90 bits per heavy atom. The highest BCUT2D eigenvalue weighted by molar-refractivity contribution is 4.96. The lowest BCUT2D eigenvalue weighted by molar-refractivity contribution is 0.158. The Morgan fingerprint density at radius 1 is 1.20 bits per heavy atom. The molecule has 2 aliphatic heterocycles. The van der Waals surface area contributed by atoms with Gasteiger partial charge in [-0.25, -0.2) is 0 Å². The molecular weight excluding hydrogens is 124 g/mol. The third-order valence-electron chi connectivity index (χ3n) is 3.22. The minimum Gasteiger partial charge on any atom is -0.326 e. The lowest BCUT2D eigenvalue weighted by Crippen LogP contribution is -2.48. The van der Waals surface area contributed by atoms with Gasteiger partial charge >= 0.3 is 0 Å². The summed E-state index contributed by atoms with van der Waals surface area (Å²) in [6.45, 7) is 0. The maximum Gasteiger partial charge on any atom is 0.0247 e. The molecule has 2 aliphatic rings. The molecule has 10 heavy (non-hydrogen) atoms. The van der Waals surface area contributed by atoms with E-state index in [1.54, 1.807) is 0 Å². The Morgan fingerprint density at radius 3 is 2.60 bits per heavy atom. The van der Waals surface area contributed by atoms with Gasteiger partial charge in [0.25, 0.3) is 0 Å². The molecule has 0 aliphatic carbocycles. The van der Waals surface area contributed by atoms with Crippen LogP contribution < -0.4 is 5.73 Å². The molecule has 0 amide bonds. The van der Waals surface area contributed by atoms with Crippen molar-refractivity contribution in [2.24, 2.45) is 5.73 Å². The second-order valence-corrected chi connectivity index (χ2v) is 3.71. The van der Waals surface area contributed by atoms with Gasteiger partial charge in [-0.2, -0.15) is 0 Å². The SMILES string of the molecule is CN1[C@H]2CC[C@H](N)[C@@H]1CC2. The maximum atomic E-state index is 5.96. The molecule has 2 N–H and O–H groups in total. The number of hydrogen-bond acceptors (Lipinski definition) is 2. The van der Waals surface area contributed by atoms with Crippen LogP contribution in [-0.2, 0) is 0 Å². The molecule has 2 heteroatoms. The third-order valence-corrected chi connectivity index (χ3v) is 3.22. The van der Waals surface area contributed by atoms with E-state index in [2.05, 4.69) is 11.9 Å². The molecule has 2 nitrogen and oxygen atoms in total. The van der Waals surface area contributed by atoms with E-state index in [-0.39, 0.29) is 0 Å². The summed E-state index contributed by atoms with van der Waals surface area (Å²) in [6.07, 6.45) is 5.30. The molecule has 3 atom stereocenters. The largest absolute Gasteiger partial charge is 0.326 e. The van der Waals surface area contributed by atoms with E-state index in [0.29, 0.717) is 12.1 Å². The van der Waals surface area contributed by atoms with E-state index in [1.165, 1.54) is 25.7 Å². The van der Waals surface area contributed by atoms with Gasteiger partial charge < -0.3 is 5.73 Å². The predicted octanol–water partition coefficient (Wildman–Crippen LogP) is 0.570. The fourth-order valence-electron chi connectivity index (χ4n) is 2.48. The van der Waals surface area contributed by atoms with E-state index >= 15 is 0 Å². The summed E-state index contributed by atoms with van der Waals surface area (Å²) in [5, 5.41) is 0. The Kier molecular flexibility index (Phi) is 1.46. The molecule has 2 saturated heterocycles. The average molecular weight is 140 g/mol. The Balaban J connectivity index is 2.13. The lowest BCUT2D eigenvalue weighted by atomic mass is 9.99. The van der Waals surface area contributed by atoms with E-state index in [0.717, 1.165) is 6.04 Å². The highest BCUT2D eigenvalue weighted by Gasteiger charge is 2.37. The number of fused-ring (bicyclic) bond motifs is 2. The molecule has 0 unspecified atom stereocenters. The lowest BCUT2D eigenvalue weighted by Gasteiger charge is -2.35. The number of nitrogens with two attached hydrogens (primary N) is 1. The molecule has 0 aromatic heterocycles. The normalized spacial score (nSPS) is 48.0.